The molecule has 158 valence electrons. The van der Waals surface area contributed by atoms with Gasteiger partial charge in [-0.2, -0.15) is 5.10 Å². The number of hydrogen-bond acceptors (Lipinski definition) is 4. The van der Waals surface area contributed by atoms with Crippen LogP contribution in [0.4, 0.5) is 5.69 Å². The lowest BCUT2D eigenvalue weighted by molar-refractivity contribution is 0.600. The van der Waals surface area contributed by atoms with Crippen molar-refractivity contribution in [2.24, 2.45) is 5.10 Å². The molecule has 0 saturated carbocycles. The van der Waals surface area contributed by atoms with Crippen molar-refractivity contribution in [2.75, 3.05) is 16.5 Å². The van der Waals surface area contributed by atoms with Crippen LogP contribution >= 0.6 is 0 Å². The van der Waals surface area contributed by atoms with Crippen LogP contribution in [-0.2, 0) is 16.4 Å². The molecule has 1 unspecified atom stereocenters. The molecule has 1 aromatic heterocycles. The number of anilines is 1. The SMILES string of the molecule is CCn1c2ccccc2c2cc(C=NN(c3ccccc3)C3CCS(=O)(=O)C3)ccc21. The molecule has 1 aliphatic rings. The summed E-state index contributed by atoms with van der Waals surface area (Å²) in [5, 5.41) is 9.07. The molecule has 0 N–H and O–H groups in total. The maximum absolute atomic E-state index is 12.1. The van der Waals surface area contributed by atoms with Crippen molar-refractivity contribution >= 4 is 43.5 Å². The maximum Gasteiger partial charge on any atom is 0.152 e. The number of aryl methyl sites for hydroxylation is 1. The topological polar surface area (TPSA) is 54.7 Å². The fourth-order valence-corrected chi connectivity index (χ4v) is 6.23. The third-order valence-electron chi connectivity index (χ3n) is 6.02. The molecule has 5 nitrogen and oxygen atoms in total. The first kappa shape index (κ1) is 19.8. The van der Waals surface area contributed by atoms with Crippen molar-refractivity contribution in [2.45, 2.75) is 25.9 Å². The standard InChI is InChI=1S/C25H25N3O2S/c1-2-27-24-11-7-6-10-22(24)23-16-19(12-13-25(23)27)17-26-28(20-8-4-3-5-9-20)21-14-15-31(29,30)18-21/h3-13,16-17,21H,2,14-15,18H2,1H3. The predicted octanol–water partition coefficient (Wildman–Crippen LogP) is 4.84. The van der Waals surface area contributed by atoms with Gasteiger partial charge in [0.15, 0.2) is 9.84 Å². The molecule has 1 atom stereocenters. The Morgan fingerprint density at radius 3 is 2.48 bits per heavy atom. The van der Waals surface area contributed by atoms with Crippen molar-refractivity contribution < 1.29 is 8.42 Å². The molecule has 6 heteroatoms. The highest BCUT2D eigenvalue weighted by Gasteiger charge is 2.32. The Hall–Kier alpha value is -3.12. The molecule has 0 bridgehead atoms. The summed E-state index contributed by atoms with van der Waals surface area (Å²) in [6.07, 6.45) is 2.44. The minimum Gasteiger partial charge on any atom is -0.341 e. The zero-order chi connectivity index (χ0) is 21.4. The van der Waals surface area contributed by atoms with E-state index >= 15 is 0 Å². The first-order valence-corrected chi connectivity index (χ1v) is 12.5. The lowest BCUT2D eigenvalue weighted by Crippen LogP contribution is -2.31. The van der Waals surface area contributed by atoms with Crippen LogP contribution in [0.1, 0.15) is 18.9 Å². The fourth-order valence-electron chi connectivity index (χ4n) is 4.54. The number of benzene rings is 3. The van der Waals surface area contributed by atoms with E-state index in [0.717, 1.165) is 17.8 Å². The van der Waals surface area contributed by atoms with Gasteiger partial charge in [0.1, 0.15) is 0 Å². The molecule has 5 rings (SSSR count). The number of hydrazone groups is 1. The van der Waals surface area contributed by atoms with Crippen molar-refractivity contribution in [3.63, 3.8) is 0 Å². The number of hydrogen-bond donors (Lipinski definition) is 0. The van der Waals surface area contributed by atoms with Gasteiger partial charge in [0.25, 0.3) is 0 Å². The van der Waals surface area contributed by atoms with Gasteiger partial charge in [0.05, 0.1) is 29.4 Å². The molecule has 2 heterocycles. The molecule has 0 spiro atoms. The zero-order valence-electron chi connectivity index (χ0n) is 17.5. The van der Waals surface area contributed by atoms with E-state index < -0.39 is 9.84 Å². The van der Waals surface area contributed by atoms with E-state index in [0.29, 0.717) is 6.42 Å². The lowest BCUT2D eigenvalue weighted by Gasteiger charge is -2.25. The van der Waals surface area contributed by atoms with Crippen molar-refractivity contribution in [1.82, 2.24) is 4.57 Å². The van der Waals surface area contributed by atoms with E-state index in [-0.39, 0.29) is 17.5 Å². The summed E-state index contributed by atoms with van der Waals surface area (Å²) in [5.41, 5.74) is 4.34. The summed E-state index contributed by atoms with van der Waals surface area (Å²) in [6.45, 7) is 3.07. The predicted molar refractivity (Wildman–Crippen MR) is 129 cm³/mol. The van der Waals surface area contributed by atoms with Crippen LogP contribution in [0.2, 0.25) is 0 Å². The van der Waals surface area contributed by atoms with E-state index in [4.69, 9.17) is 5.10 Å². The monoisotopic (exact) mass is 431 g/mol. The number of aromatic nitrogens is 1. The summed E-state index contributed by atoms with van der Waals surface area (Å²) in [4.78, 5) is 0. The van der Waals surface area contributed by atoms with E-state index in [2.05, 4.69) is 54.0 Å². The molecular weight excluding hydrogens is 406 g/mol. The van der Waals surface area contributed by atoms with Crippen LogP contribution in [0.3, 0.4) is 0 Å². The minimum atomic E-state index is -3.00. The van der Waals surface area contributed by atoms with Gasteiger partial charge in [-0.1, -0.05) is 42.5 Å². The molecule has 1 saturated heterocycles. The minimum absolute atomic E-state index is 0.141. The number of rotatable bonds is 5. The van der Waals surface area contributed by atoms with Gasteiger partial charge in [-0.05, 0) is 49.2 Å². The van der Waals surface area contributed by atoms with Gasteiger partial charge in [0, 0.05) is 28.4 Å². The van der Waals surface area contributed by atoms with Crippen molar-refractivity contribution in [1.29, 1.82) is 0 Å². The third kappa shape index (κ3) is 3.72. The van der Waals surface area contributed by atoms with E-state index in [1.165, 1.54) is 21.8 Å². The van der Waals surface area contributed by atoms with Gasteiger partial charge in [0.2, 0.25) is 0 Å². The highest BCUT2D eigenvalue weighted by molar-refractivity contribution is 7.91. The highest BCUT2D eigenvalue weighted by Crippen LogP contribution is 2.30. The fraction of sp³-hybridized carbons (Fsp3) is 0.240. The Labute approximate surface area is 182 Å². The van der Waals surface area contributed by atoms with Gasteiger partial charge in [-0.25, -0.2) is 8.42 Å². The molecule has 3 aromatic carbocycles. The smallest absolute Gasteiger partial charge is 0.152 e. The van der Waals surface area contributed by atoms with E-state index in [1.54, 1.807) is 0 Å². The van der Waals surface area contributed by atoms with Gasteiger partial charge in [-0.15, -0.1) is 0 Å². The second kappa shape index (κ2) is 7.85. The quantitative estimate of drug-likeness (QED) is 0.336. The van der Waals surface area contributed by atoms with E-state index in [9.17, 15) is 8.42 Å². The Bertz CT molecular complexity index is 1370. The van der Waals surface area contributed by atoms with Crippen LogP contribution in [0.25, 0.3) is 21.8 Å². The highest BCUT2D eigenvalue weighted by atomic mass is 32.2. The van der Waals surface area contributed by atoms with Crippen molar-refractivity contribution in [3.05, 3.63) is 78.4 Å². The van der Waals surface area contributed by atoms with Gasteiger partial charge >= 0.3 is 0 Å². The van der Waals surface area contributed by atoms with Gasteiger partial charge < -0.3 is 4.57 Å². The summed E-state index contributed by atoms with van der Waals surface area (Å²) in [6, 6.07) is 24.5. The number of sulfone groups is 1. The molecule has 0 amide bonds. The van der Waals surface area contributed by atoms with Crippen LogP contribution in [-0.4, -0.2) is 36.7 Å². The molecule has 0 aliphatic carbocycles. The lowest BCUT2D eigenvalue weighted by atomic mass is 10.1. The van der Waals surface area contributed by atoms with Crippen LogP contribution < -0.4 is 5.01 Å². The van der Waals surface area contributed by atoms with Crippen LogP contribution in [0.5, 0.6) is 0 Å². The Morgan fingerprint density at radius 2 is 1.74 bits per heavy atom. The summed E-state index contributed by atoms with van der Waals surface area (Å²) in [5.74, 6) is 0.362. The number of para-hydroxylation sites is 2. The van der Waals surface area contributed by atoms with Crippen LogP contribution in [0.15, 0.2) is 77.9 Å². The maximum atomic E-state index is 12.1. The first-order valence-electron chi connectivity index (χ1n) is 10.7. The molecule has 4 aromatic rings. The van der Waals surface area contributed by atoms with Gasteiger partial charge in [-0.3, -0.25) is 5.01 Å². The van der Waals surface area contributed by atoms with Crippen LogP contribution in [0, 0.1) is 0 Å². The third-order valence-corrected chi connectivity index (χ3v) is 7.77. The molecule has 1 fully saturated rings. The Morgan fingerprint density at radius 1 is 1.00 bits per heavy atom. The molecule has 0 radical (unpaired) electrons. The Kier molecular flexibility index (Phi) is 5.02. The first-order chi connectivity index (χ1) is 15.1. The second-order valence-corrected chi connectivity index (χ2v) is 10.2. The molecular formula is C25H25N3O2S. The molecule has 1 aliphatic heterocycles. The summed E-state index contributed by atoms with van der Waals surface area (Å²) in [7, 11) is -3.00. The summed E-state index contributed by atoms with van der Waals surface area (Å²) < 4.78 is 26.5. The average Bonchev–Trinajstić information content (AvgIpc) is 3.31. The zero-order valence-corrected chi connectivity index (χ0v) is 18.3. The average molecular weight is 432 g/mol. The molecule has 31 heavy (non-hydrogen) atoms. The number of nitrogens with zero attached hydrogens (tertiary/aromatic N) is 3. The second-order valence-electron chi connectivity index (χ2n) is 8.02. The Balaban J connectivity index is 1.55. The van der Waals surface area contributed by atoms with E-state index in [1.807, 2.05) is 41.6 Å². The normalized spacial score (nSPS) is 18.3. The number of fused-ring (bicyclic) bond motifs is 3. The van der Waals surface area contributed by atoms with Crippen molar-refractivity contribution in [3.8, 4) is 0 Å². The largest absolute Gasteiger partial charge is 0.341 e. The summed E-state index contributed by atoms with van der Waals surface area (Å²) >= 11 is 0.